The van der Waals surface area contributed by atoms with Crippen LogP contribution < -0.4 is 5.32 Å². The van der Waals surface area contributed by atoms with Crippen LogP contribution in [0.25, 0.3) is 0 Å². The molecule has 2 bridgehead atoms. The number of fused-ring (bicyclic) bond motifs is 2. The molecule has 62 valence electrons. The smallest absolute Gasteiger partial charge is 0.133 e. The van der Waals surface area contributed by atoms with Gasteiger partial charge in [0.2, 0.25) is 0 Å². The van der Waals surface area contributed by atoms with E-state index in [4.69, 9.17) is 0 Å². The Kier molecular flexibility index (Phi) is 1.72. The fraction of sp³-hybridized carbons (Fsp3) is 0.889. The summed E-state index contributed by atoms with van der Waals surface area (Å²) in [5.74, 6) is 0.967. The average molecular weight is 153 g/mol. The summed E-state index contributed by atoms with van der Waals surface area (Å²) in [7, 11) is 0. The van der Waals surface area contributed by atoms with E-state index in [9.17, 15) is 4.79 Å². The van der Waals surface area contributed by atoms with Gasteiger partial charge in [0, 0.05) is 5.54 Å². The van der Waals surface area contributed by atoms with Crippen molar-refractivity contribution in [1.82, 2.24) is 5.32 Å². The summed E-state index contributed by atoms with van der Waals surface area (Å²) < 4.78 is 0. The Morgan fingerprint density at radius 3 is 2.64 bits per heavy atom. The molecule has 0 unspecified atom stereocenters. The number of aldehydes is 1. The first-order valence-corrected chi connectivity index (χ1v) is 4.53. The van der Waals surface area contributed by atoms with Crippen LogP contribution in [0.15, 0.2) is 0 Å². The highest BCUT2D eigenvalue weighted by atomic mass is 16.1. The van der Waals surface area contributed by atoms with Crippen molar-refractivity contribution in [2.45, 2.75) is 37.6 Å². The van der Waals surface area contributed by atoms with E-state index in [1.807, 2.05) is 0 Å². The Morgan fingerprint density at radius 2 is 2.18 bits per heavy atom. The number of carbonyl (C=O) groups excluding carboxylic acids is 1. The molecule has 0 aromatic rings. The van der Waals surface area contributed by atoms with Crippen molar-refractivity contribution in [3.63, 3.8) is 0 Å². The third kappa shape index (κ3) is 1.20. The molecule has 0 spiro atoms. The summed E-state index contributed by atoms with van der Waals surface area (Å²) in [6.45, 7) is 0.548. The van der Waals surface area contributed by atoms with Crippen molar-refractivity contribution in [2.24, 2.45) is 5.92 Å². The Labute approximate surface area is 67.4 Å². The number of rotatable bonds is 3. The third-order valence-electron chi connectivity index (χ3n) is 3.30. The lowest BCUT2D eigenvalue weighted by Crippen LogP contribution is -2.41. The van der Waals surface area contributed by atoms with Crippen LogP contribution in [0.3, 0.4) is 0 Å². The lowest BCUT2D eigenvalue weighted by molar-refractivity contribution is -0.107. The summed E-state index contributed by atoms with van der Waals surface area (Å²) >= 11 is 0. The van der Waals surface area contributed by atoms with Gasteiger partial charge in [0.05, 0.1) is 6.54 Å². The standard InChI is InChI=1S/C9H15NO/c11-6-5-10-9-3-1-8(7-9)2-4-9/h6,8,10H,1-5,7H2. The SMILES string of the molecule is O=CCNC12CCC(CC1)C2. The van der Waals surface area contributed by atoms with E-state index in [0.29, 0.717) is 12.1 Å². The summed E-state index contributed by atoms with van der Waals surface area (Å²) in [6, 6.07) is 0. The van der Waals surface area contributed by atoms with Crippen LogP contribution in [0.2, 0.25) is 0 Å². The third-order valence-corrected chi connectivity index (χ3v) is 3.30. The molecule has 2 fully saturated rings. The average Bonchev–Trinajstić information content (AvgIpc) is 2.60. The lowest BCUT2D eigenvalue weighted by atomic mass is 9.94. The molecule has 2 aliphatic rings. The van der Waals surface area contributed by atoms with Gasteiger partial charge in [-0.1, -0.05) is 0 Å². The van der Waals surface area contributed by atoms with Crippen LogP contribution in [0.4, 0.5) is 0 Å². The molecule has 2 aliphatic carbocycles. The molecular weight excluding hydrogens is 138 g/mol. The van der Waals surface area contributed by atoms with E-state index in [1.165, 1.54) is 32.1 Å². The Balaban J connectivity index is 1.94. The van der Waals surface area contributed by atoms with E-state index in [0.717, 1.165) is 12.2 Å². The van der Waals surface area contributed by atoms with E-state index in [2.05, 4.69) is 5.32 Å². The van der Waals surface area contributed by atoms with Crippen molar-refractivity contribution >= 4 is 6.29 Å². The fourth-order valence-corrected chi connectivity index (χ4v) is 2.70. The second kappa shape index (κ2) is 2.59. The maximum Gasteiger partial charge on any atom is 0.133 e. The molecule has 2 saturated carbocycles. The monoisotopic (exact) mass is 153 g/mol. The second-order valence-electron chi connectivity index (χ2n) is 3.98. The van der Waals surface area contributed by atoms with Gasteiger partial charge in [-0.3, -0.25) is 0 Å². The molecular formula is C9H15NO. The summed E-state index contributed by atoms with van der Waals surface area (Å²) in [6.07, 6.45) is 7.65. The molecule has 2 heteroatoms. The Hall–Kier alpha value is -0.370. The molecule has 0 atom stereocenters. The van der Waals surface area contributed by atoms with Gasteiger partial charge in [0.15, 0.2) is 0 Å². The first-order valence-electron chi connectivity index (χ1n) is 4.53. The molecule has 1 N–H and O–H groups in total. The first-order chi connectivity index (χ1) is 5.35. The highest BCUT2D eigenvalue weighted by Gasteiger charge is 2.43. The molecule has 0 heterocycles. The predicted molar refractivity (Wildman–Crippen MR) is 43.4 cm³/mol. The van der Waals surface area contributed by atoms with Gasteiger partial charge in [0.25, 0.3) is 0 Å². The highest BCUT2D eigenvalue weighted by molar-refractivity contribution is 5.52. The van der Waals surface area contributed by atoms with Crippen molar-refractivity contribution in [3.05, 3.63) is 0 Å². The van der Waals surface area contributed by atoms with Gasteiger partial charge in [-0.15, -0.1) is 0 Å². The first kappa shape index (κ1) is 7.29. The largest absolute Gasteiger partial charge is 0.305 e. The zero-order valence-electron chi connectivity index (χ0n) is 6.81. The van der Waals surface area contributed by atoms with E-state index in [-0.39, 0.29) is 0 Å². The Bertz CT molecular complexity index is 159. The minimum Gasteiger partial charge on any atom is -0.305 e. The summed E-state index contributed by atoms with van der Waals surface area (Å²) in [5, 5.41) is 3.37. The van der Waals surface area contributed by atoms with Crippen molar-refractivity contribution in [1.29, 1.82) is 0 Å². The summed E-state index contributed by atoms with van der Waals surface area (Å²) in [5.41, 5.74) is 0.381. The maximum atomic E-state index is 10.2. The van der Waals surface area contributed by atoms with E-state index >= 15 is 0 Å². The van der Waals surface area contributed by atoms with Gasteiger partial charge in [-0.2, -0.15) is 0 Å². The van der Waals surface area contributed by atoms with Crippen LogP contribution in [0, 0.1) is 5.92 Å². The zero-order valence-corrected chi connectivity index (χ0v) is 6.81. The van der Waals surface area contributed by atoms with Gasteiger partial charge in [0.1, 0.15) is 6.29 Å². The molecule has 11 heavy (non-hydrogen) atoms. The molecule has 0 aromatic carbocycles. The normalized spacial score (nSPS) is 41.3. The number of hydrogen-bond donors (Lipinski definition) is 1. The predicted octanol–water partition coefficient (Wildman–Crippen LogP) is 1.11. The number of nitrogens with one attached hydrogen (secondary N) is 1. The quantitative estimate of drug-likeness (QED) is 0.615. The number of hydrogen-bond acceptors (Lipinski definition) is 2. The number of carbonyl (C=O) groups is 1. The van der Waals surface area contributed by atoms with Crippen LogP contribution >= 0.6 is 0 Å². The maximum absolute atomic E-state index is 10.2. The molecule has 0 saturated heterocycles. The fourth-order valence-electron chi connectivity index (χ4n) is 2.70. The van der Waals surface area contributed by atoms with E-state index < -0.39 is 0 Å². The molecule has 2 nitrogen and oxygen atoms in total. The molecule has 0 aliphatic heterocycles. The van der Waals surface area contributed by atoms with Crippen LogP contribution in [-0.2, 0) is 4.79 Å². The van der Waals surface area contributed by atoms with Crippen molar-refractivity contribution in [2.75, 3.05) is 6.54 Å². The van der Waals surface area contributed by atoms with Crippen molar-refractivity contribution < 1.29 is 4.79 Å². The van der Waals surface area contributed by atoms with E-state index in [1.54, 1.807) is 0 Å². The zero-order chi connectivity index (χ0) is 7.73. The van der Waals surface area contributed by atoms with Gasteiger partial charge >= 0.3 is 0 Å². The van der Waals surface area contributed by atoms with Gasteiger partial charge in [-0.05, 0) is 38.0 Å². The summed E-state index contributed by atoms with van der Waals surface area (Å²) in [4.78, 5) is 10.2. The highest BCUT2D eigenvalue weighted by Crippen LogP contribution is 2.47. The minimum atomic E-state index is 0.381. The molecule has 2 rings (SSSR count). The minimum absolute atomic E-state index is 0.381. The molecule has 0 amide bonds. The molecule has 0 aromatic heterocycles. The van der Waals surface area contributed by atoms with Gasteiger partial charge in [-0.25, -0.2) is 0 Å². The topological polar surface area (TPSA) is 29.1 Å². The van der Waals surface area contributed by atoms with Crippen LogP contribution in [-0.4, -0.2) is 18.4 Å². The van der Waals surface area contributed by atoms with Gasteiger partial charge < -0.3 is 10.1 Å². The van der Waals surface area contributed by atoms with Crippen LogP contribution in [0.5, 0.6) is 0 Å². The lowest BCUT2D eigenvalue weighted by Gasteiger charge is -2.26. The second-order valence-corrected chi connectivity index (χ2v) is 3.98. The Morgan fingerprint density at radius 1 is 1.45 bits per heavy atom. The van der Waals surface area contributed by atoms with Crippen molar-refractivity contribution in [3.8, 4) is 0 Å². The van der Waals surface area contributed by atoms with Crippen LogP contribution in [0.1, 0.15) is 32.1 Å². The molecule has 0 radical (unpaired) electrons.